The predicted octanol–water partition coefficient (Wildman–Crippen LogP) is 4.00. The quantitative estimate of drug-likeness (QED) is 0.888. The van der Waals surface area contributed by atoms with Crippen molar-refractivity contribution in [2.24, 2.45) is 11.8 Å². The molecular weight excluding hydrogens is 328 g/mol. The largest absolute Gasteiger partial charge is 0.511 e. The van der Waals surface area contributed by atoms with Gasteiger partial charge in [0.25, 0.3) is 0 Å². The summed E-state index contributed by atoms with van der Waals surface area (Å²) in [6.45, 7) is 7.60. The van der Waals surface area contributed by atoms with Crippen molar-refractivity contribution < 1.29 is 19.4 Å². The fourth-order valence-electron chi connectivity index (χ4n) is 5.57. The first-order valence-corrected chi connectivity index (χ1v) is 9.48. The maximum Gasteiger partial charge on any atom is 0.173 e. The third-order valence-corrected chi connectivity index (χ3v) is 6.49. The van der Waals surface area contributed by atoms with E-state index in [2.05, 4.69) is 12.1 Å². The molecule has 2 fully saturated rings. The lowest BCUT2D eigenvalue weighted by Gasteiger charge is -2.32. The number of rotatable bonds is 4. The van der Waals surface area contributed by atoms with Gasteiger partial charge in [0.05, 0.1) is 29.1 Å². The second-order valence-corrected chi connectivity index (χ2v) is 8.36. The third-order valence-electron chi connectivity index (χ3n) is 6.49. The van der Waals surface area contributed by atoms with Gasteiger partial charge in [-0.05, 0) is 63.6 Å². The van der Waals surface area contributed by atoms with Gasteiger partial charge in [0, 0.05) is 6.42 Å². The Hall–Kier alpha value is -1.94. The molecule has 1 aromatic rings. The minimum absolute atomic E-state index is 0.0111. The van der Waals surface area contributed by atoms with Gasteiger partial charge in [-0.2, -0.15) is 0 Å². The summed E-state index contributed by atoms with van der Waals surface area (Å²) >= 11 is 0. The smallest absolute Gasteiger partial charge is 0.173 e. The fourth-order valence-corrected chi connectivity index (χ4v) is 5.57. The van der Waals surface area contributed by atoms with E-state index in [-0.39, 0.29) is 35.3 Å². The zero-order chi connectivity index (χ0) is 18.8. The number of benzene rings is 1. The Bertz CT molecular complexity index is 827. The summed E-state index contributed by atoms with van der Waals surface area (Å²) in [6.07, 6.45) is 2.51. The van der Waals surface area contributed by atoms with E-state index in [9.17, 15) is 14.7 Å². The van der Waals surface area contributed by atoms with Gasteiger partial charge in [-0.15, -0.1) is 0 Å². The van der Waals surface area contributed by atoms with Crippen LogP contribution in [-0.4, -0.2) is 28.4 Å². The number of hydrogen-bond donors (Lipinski definition) is 1. The molecule has 4 heteroatoms. The molecule has 26 heavy (non-hydrogen) atoms. The molecule has 4 nitrogen and oxygen atoms in total. The van der Waals surface area contributed by atoms with Crippen molar-refractivity contribution >= 4 is 17.1 Å². The second-order valence-electron chi connectivity index (χ2n) is 8.36. The molecule has 4 rings (SSSR count). The number of carbonyl (C=O) groups excluding carboxylic acids is 2. The molecule has 2 bridgehead atoms. The van der Waals surface area contributed by atoms with Gasteiger partial charge in [-0.3, -0.25) is 4.79 Å². The molecule has 2 aliphatic heterocycles. The van der Waals surface area contributed by atoms with Crippen LogP contribution in [0.2, 0.25) is 0 Å². The summed E-state index contributed by atoms with van der Waals surface area (Å²) in [6, 6.07) is 4.11. The van der Waals surface area contributed by atoms with E-state index in [1.165, 1.54) is 0 Å². The van der Waals surface area contributed by atoms with Gasteiger partial charge < -0.3 is 14.6 Å². The van der Waals surface area contributed by atoms with Crippen molar-refractivity contribution in [3.63, 3.8) is 0 Å². The van der Waals surface area contributed by atoms with E-state index in [1.54, 1.807) is 6.92 Å². The van der Waals surface area contributed by atoms with Crippen LogP contribution in [0.5, 0.6) is 0 Å². The van der Waals surface area contributed by atoms with Crippen LogP contribution in [0, 0.1) is 32.6 Å². The molecule has 1 aromatic carbocycles. The zero-order valence-electron chi connectivity index (χ0n) is 15.9. The average Bonchev–Trinajstić information content (AvgIpc) is 3.18. The molecule has 1 N–H and O–H groups in total. The van der Waals surface area contributed by atoms with Gasteiger partial charge in [-0.1, -0.05) is 17.7 Å². The van der Waals surface area contributed by atoms with Crippen LogP contribution < -0.4 is 0 Å². The first-order chi connectivity index (χ1) is 12.2. The molecule has 0 unspecified atom stereocenters. The Balaban J connectivity index is 1.81. The van der Waals surface area contributed by atoms with Gasteiger partial charge in [-0.25, -0.2) is 0 Å². The van der Waals surface area contributed by atoms with Crippen LogP contribution in [0.4, 0.5) is 0 Å². The number of ether oxygens (including phenoxy) is 1. The summed E-state index contributed by atoms with van der Waals surface area (Å²) in [5.74, 6) is -0.292. The van der Waals surface area contributed by atoms with E-state index in [4.69, 9.17) is 4.74 Å². The molecule has 4 atom stereocenters. The van der Waals surface area contributed by atoms with Crippen LogP contribution in [0.15, 0.2) is 17.9 Å². The summed E-state index contributed by atoms with van der Waals surface area (Å²) in [5, 5.41) is 11.1. The standard InChI is InChI=1S/C22H26O4/c1-11-9-12(2)16(13(3)10-11)18-20(24)17-15-6-8-22(26-15,7-5-14(4)23)19(17)21(18)25/h9-10,15,17,19,25H,5-8H2,1-4H3/t15-,17-,19+,22+/m0/s1. The van der Waals surface area contributed by atoms with Crippen LogP contribution in [0.3, 0.4) is 0 Å². The van der Waals surface area contributed by atoms with Crippen molar-refractivity contribution in [2.75, 3.05) is 0 Å². The Morgan fingerprint density at radius 2 is 1.92 bits per heavy atom. The van der Waals surface area contributed by atoms with Gasteiger partial charge in [0.1, 0.15) is 11.5 Å². The fraction of sp³-hybridized carbons (Fsp3) is 0.545. The lowest BCUT2D eigenvalue weighted by molar-refractivity contribution is -0.119. The third kappa shape index (κ3) is 2.31. The van der Waals surface area contributed by atoms with Gasteiger partial charge in [0.2, 0.25) is 0 Å². The van der Waals surface area contributed by atoms with E-state index in [0.29, 0.717) is 18.4 Å². The molecule has 0 amide bonds. The summed E-state index contributed by atoms with van der Waals surface area (Å²) in [7, 11) is 0. The number of fused-ring (bicyclic) bond motifs is 5. The molecule has 3 aliphatic rings. The molecular formula is C22H26O4. The number of aliphatic hydroxyl groups is 1. The van der Waals surface area contributed by atoms with E-state index < -0.39 is 5.60 Å². The Kier molecular flexibility index (Phi) is 3.88. The predicted molar refractivity (Wildman–Crippen MR) is 98.9 cm³/mol. The topological polar surface area (TPSA) is 63.6 Å². The van der Waals surface area contributed by atoms with E-state index in [1.807, 2.05) is 20.8 Å². The maximum absolute atomic E-state index is 13.3. The number of carbonyl (C=O) groups is 2. The van der Waals surface area contributed by atoms with Crippen molar-refractivity contribution in [2.45, 2.75) is 65.1 Å². The monoisotopic (exact) mass is 354 g/mol. The van der Waals surface area contributed by atoms with E-state index >= 15 is 0 Å². The second kappa shape index (κ2) is 5.78. The van der Waals surface area contributed by atoms with E-state index in [0.717, 1.165) is 35.1 Å². The first-order valence-electron chi connectivity index (χ1n) is 9.48. The number of ketones is 2. The first kappa shape index (κ1) is 17.5. The van der Waals surface area contributed by atoms with Crippen molar-refractivity contribution in [1.29, 1.82) is 0 Å². The molecule has 1 aliphatic carbocycles. The van der Waals surface area contributed by atoms with Crippen LogP contribution in [0.1, 0.15) is 54.9 Å². The normalized spacial score (nSPS) is 32.5. The number of aliphatic hydroxyl groups excluding tert-OH is 1. The molecule has 0 saturated carbocycles. The summed E-state index contributed by atoms with van der Waals surface area (Å²) in [5.41, 5.74) is 3.98. The molecule has 0 spiro atoms. The highest BCUT2D eigenvalue weighted by Crippen LogP contribution is 2.60. The molecule has 2 heterocycles. The zero-order valence-corrected chi connectivity index (χ0v) is 15.9. The molecule has 138 valence electrons. The van der Waals surface area contributed by atoms with Gasteiger partial charge in [0.15, 0.2) is 5.78 Å². The number of Topliss-reactive ketones (excluding diaryl/α,β-unsaturated/α-hetero) is 2. The average molecular weight is 354 g/mol. The Morgan fingerprint density at radius 3 is 2.54 bits per heavy atom. The van der Waals surface area contributed by atoms with Crippen molar-refractivity contribution in [3.8, 4) is 0 Å². The van der Waals surface area contributed by atoms with Crippen LogP contribution >= 0.6 is 0 Å². The number of hydrogen-bond acceptors (Lipinski definition) is 4. The van der Waals surface area contributed by atoms with Crippen molar-refractivity contribution in [3.05, 3.63) is 40.1 Å². The van der Waals surface area contributed by atoms with Gasteiger partial charge >= 0.3 is 0 Å². The maximum atomic E-state index is 13.3. The minimum atomic E-state index is -0.561. The SMILES string of the molecule is CC(=O)CC[C@]12CC[C@H](O1)[C@@H]1C(=O)C(c3c(C)cc(C)cc3C)=C(O)[C@@H]12. The highest BCUT2D eigenvalue weighted by atomic mass is 16.5. The lowest BCUT2D eigenvalue weighted by atomic mass is 9.70. The Morgan fingerprint density at radius 1 is 1.27 bits per heavy atom. The summed E-state index contributed by atoms with van der Waals surface area (Å²) < 4.78 is 6.21. The molecule has 0 aromatic heterocycles. The summed E-state index contributed by atoms with van der Waals surface area (Å²) in [4.78, 5) is 24.8. The molecule has 2 saturated heterocycles. The molecule has 0 radical (unpaired) electrons. The number of allylic oxidation sites excluding steroid dienone is 1. The lowest BCUT2D eigenvalue weighted by Crippen LogP contribution is -2.38. The Labute approximate surface area is 154 Å². The van der Waals surface area contributed by atoms with Crippen LogP contribution in [-0.2, 0) is 14.3 Å². The highest BCUT2D eigenvalue weighted by Gasteiger charge is 2.66. The van der Waals surface area contributed by atoms with Crippen molar-refractivity contribution in [1.82, 2.24) is 0 Å². The minimum Gasteiger partial charge on any atom is -0.511 e. The highest BCUT2D eigenvalue weighted by molar-refractivity contribution is 6.26. The van der Waals surface area contributed by atoms with Crippen LogP contribution in [0.25, 0.3) is 5.57 Å². The number of aryl methyl sites for hydroxylation is 3.